The lowest BCUT2D eigenvalue weighted by atomic mass is 9.96. The predicted octanol–water partition coefficient (Wildman–Crippen LogP) is 1.79. The molecular weight excluding hydrogens is 335 g/mol. The second-order valence-corrected chi connectivity index (χ2v) is 8.49. The number of hydrogen-bond donors (Lipinski definition) is 2. The summed E-state index contributed by atoms with van der Waals surface area (Å²) in [6.07, 6.45) is 1.47. The summed E-state index contributed by atoms with van der Waals surface area (Å²) in [6, 6.07) is 3.76. The molecule has 7 heteroatoms. The molecule has 108 valence electrons. The highest BCUT2D eigenvalue weighted by Crippen LogP contribution is 2.26. The first-order valence-electron chi connectivity index (χ1n) is 5.69. The van der Waals surface area contributed by atoms with Gasteiger partial charge in [0.25, 0.3) is 0 Å². The van der Waals surface area contributed by atoms with Crippen molar-refractivity contribution in [3.8, 4) is 0 Å². The molecule has 19 heavy (non-hydrogen) atoms. The van der Waals surface area contributed by atoms with Gasteiger partial charge in [0.1, 0.15) is 5.82 Å². The number of halogens is 2. The van der Waals surface area contributed by atoms with E-state index < -0.39 is 20.6 Å². The van der Waals surface area contributed by atoms with E-state index in [1.165, 1.54) is 12.1 Å². The number of nitrogens with one attached hydrogen (secondary N) is 1. The zero-order valence-corrected chi connectivity index (χ0v) is 13.5. The Morgan fingerprint density at radius 1 is 1.47 bits per heavy atom. The van der Waals surface area contributed by atoms with Gasteiger partial charge in [0.2, 0.25) is 0 Å². The molecule has 0 fully saturated rings. The smallest absolute Gasteiger partial charge is 0.154 e. The summed E-state index contributed by atoms with van der Waals surface area (Å²) in [5.74, 6) is 5.10. The van der Waals surface area contributed by atoms with E-state index in [4.69, 9.17) is 5.84 Å². The molecule has 0 spiro atoms. The normalized spacial score (nSPS) is 14.4. The second-order valence-electron chi connectivity index (χ2n) is 5.03. The first kappa shape index (κ1) is 16.6. The van der Waals surface area contributed by atoms with Gasteiger partial charge in [-0.05, 0) is 44.0 Å². The predicted molar refractivity (Wildman–Crippen MR) is 77.8 cm³/mol. The third-order valence-electron chi connectivity index (χ3n) is 3.43. The standard InChI is InChI=1S/C12H18BrFN2O2S/c1-12(2,19(3,17)18)11(16-15)7-8-6-9(14)4-5-10(8)13/h4-6,11,16H,7,15H2,1-3H3. The number of hydrazine groups is 1. The van der Waals surface area contributed by atoms with Gasteiger partial charge < -0.3 is 0 Å². The molecule has 3 N–H and O–H groups in total. The van der Waals surface area contributed by atoms with E-state index in [0.29, 0.717) is 12.0 Å². The molecule has 0 bridgehead atoms. The zero-order valence-electron chi connectivity index (χ0n) is 11.1. The van der Waals surface area contributed by atoms with Gasteiger partial charge in [-0.2, -0.15) is 0 Å². The van der Waals surface area contributed by atoms with Crippen molar-refractivity contribution in [1.29, 1.82) is 0 Å². The molecule has 0 amide bonds. The van der Waals surface area contributed by atoms with Crippen molar-refractivity contribution in [3.05, 3.63) is 34.1 Å². The molecule has 1 aromatic rings. The third kappa shape index (κ3) is 3.75. The highest BCUT2D eigenvalue weighted by molar-refractivity contribution is 9.10. The van der Waals surface area contributed by atoms with Gasteiger partial charge in [0.05, 0.1) is 4.75 Å². The van der Waals surface area contributed by atoms with Crippen molar-refractivity contribution >= 4 is 25.8 Å². The van der Waals surface area contributed by atoms with Gasteiger partial charge in [-0.3, -0.25) is 11.3 Å². The van der Waals surface area contributed by atoms with Crippen LogP contribution in [0, 0.1) is 5.82 Å². The van der Waals surface area contributed by atoms with Crippen LogP contribution in [0.15, 0.2) is 22.7 Å². The summed E-state index contributed by atoms with van der Waals surface area (Å²) in [5, 5.41) is 0. The van der Waals surface area contributed by atoms with Crippen LogP contribution in [-0.2, 0) is 16.3 Å². The van der Waals surface area contributed by atoms with Crippen LogP contribution in [0.1, 0.15) is 19.4 Å². The fourth-order valence-corrected chi connectivity index (χ4v) is 2.76. The fourth-order valence-electron chi connectivity index (χ4n) is 1.68. The Kier molecular flexibility index (Phi) is 5.11. The Morgan fingerprint density at radius 2 is 2.05 bits per heavy atom. The molecule has 0 saturated heterocycles. The van der Waals surface area contributed by atoms with Crippen LogP contribution in [0.5, 0.6) is 0 Å². The third-order valence-corrected chi connectivity index (χ3v) is 6.40. The van der Waals surface area contributed by atoms with Gasteiger partial charge in [0.15, 0.2) is 9.84 Å². The molecule has 0 aromatic heterocycles. The van der Waals surface area contributed by atoms with E-state index in [1.54, 1.807) is 19.9 Å². The Labute approximate surface area is 121 Å². The van der Waals surface area contributed by atoms with Gasteiger partial charge in [-0.1, -0.05) is 15.9 Å². The summed E-state index contributed by atoms with van der Waals surface area (Å²) in [4.78, 5) is 0. The highest BCUT2D eigenvalue weighted by Gasteiger charge is 2.38. The first-order valence-corrected chi connectivity index (χ1v) is 8.37. The molecule has 1 atom stereocenters. The Balaban J connectivity index is 3.10. The quantitative estimate of drug-likeness (QED) is 0.625. The number of rotatable bonds is 5. The van der Waals surface area contributed by atoms with Gasteiger partial charge in [-0.25, -0.2) is 12.8 Å². The molecule has 0 heterocycles. The number of nitrogens with two attached hydrogens (primary N) is 1. The highest BCUT2D eigenvalue weighted by atomic mass is 79.9. The lowest BCUT2D eigenvalue weighted by Gasteiger charge is -2.32. The molecule has 0 saturated carbocycles. The van der Waals surface area contributed by atoms with Crippen molar-refractivity contribution in [2.75, 3.05) is 6.26 Å². The minimum absolute atomic E-state index is 0.301. The minimum Gasteiger partial charge on any atom is -0.271 e. The first-order chi connectivity index (χ1) is 8.59. The number of hydrogen-bond acceptors (Lipinski definition) is 4. The lowest BCUT2D eigenvalue weighted by Crippen LogP contribution is -2.55. The molecular formula is C12H18BrFN2O2S. The van der Waals surface area contributed by atoms with E-state index in [9.17, 15) is 12.8 Å². The monoisotopic (exact) mass is 352 g/mol. The Hall–Kier alpha value is -0.500. The average Bonchev–Trinajstić information content (AvgIpc) is 2.28. The molecule has 1 unspecified atom stereocenters. The minimum atomic E-state index is -3.31. The number of sulfone groups is 1. The van der Waals surface area contributed by atoms with Crippen molar-refractivity contribution in [2.45, 2.75) is 31.1 Å². The zero-order chi connectivity index (χ0) is 14.8. The van der Waals surface area contributed by atoms with E-state index in [1.807, 2.05) is 0 Å². The van der Waals surface area contributed by atoms with Gasteiger partial charge >= 0.3 is 0 Å². The van der Waals surface area contributed by atoms with Crippen LogP contribution in [0.4, 0.5) is 4.39 Å². The molecule has 1 aromatic carbocycles. The maximum absolute atomic E-state index is 13.2. The molecule has 0 aliphatic carbocycles. The van der Waals surface area contributed by atoms with Crippen LogP contribution in [0.2, 0.25) is 0 Å². The average molecular weight is 353 g/mol. The van der Waals surface area contributed by atoms with Crippen molar-refractivity contribution in [1.82, 2.24) is 5.43 Å². The second kappa shape index (κ2) is 5.87. The van der Waals surface area contributed by atoms with Crippen LogP contribution in [-0.4, -0.2) is 25.5 Å². The van der Waals surface area contributed by atoms with Gasteiger partial charge in [-0.15, -0.1) is 0 Å². The lowest BCUT2D eigenvalue weighted by molar-refractivity contribution is 0.412. The van der Waals surface area contributed by atoms with E-state index >= 15 is 0 Å². The molecule has 4 nitrogen and oxygen atoms in total. The molecule has 0 aliphatic heterocycles. The maximum Gasteiger partial charge on any atom is 0.154 e. The summed E-state index contributed by atoms with van der Waals surface area (Å²) < 4.78 is 36.5. The summed E-state index contributed by atoms with van der Waals surface area (Å²) >= 11 is 3.32. The summed E-state index contributed by atoms with van der Waals surface area (Å²) in [6.45, 7) is 3.19. The van der Waals surface area contributed by atoms with E-state index in [0.717, 1.165) is 10.7 Å². The molecule has 1 rings (SSSR count). The molecule has 0 radical (unpaired) electrons. The Morgan fingerprint density at radius 3 is 2.53 bits per heavy atom. The SMILES string of the molecule is CC(C)(C(Cc1cc(F)ccc1Br)NN)S(C)(=O)=O. The largest absolute Gasteiger partial charge is 0.271 e. The van der Waals surface area contributed by atoms with Crippen molar-refractivity contribution in [3.63, 3.8) is 0 Å². The fraction of sp³-hybridized carbons (Fsp3) is 0.500. The van der Waals surface area contributed by atoms with Crippen LogP contribution >= 0.6 is 15.9 Å². The van der Waals surface area contributed by atoms with E-state index in [-0.39, 0.29) is 5.82 Å². The summed E-state index contributed by atoms with van der Waals surface area (Å²) in [5.41, 5.74) is 3.19. The Bertz CT molecular complexity index is 561. The van der Waals surface area contributed by atoms with Crippen molar-refractivity contribution in [2.24, 2.45) is 5.84 Å². The van der Waals surface area contributed by atoms with Crippen LogP contribution in [0.25, 0.3) is 0 Å². The van der Waals surface area contributed by atoms with Crippen molar-refractivity contribution < 1.29 is 12.8 Å². The maximum atomic E-state index is 13.2. The topological polar surface area (TPSA) is 72.2 Å². The molecule has 0 aliphatic rings. The van der Waals surface area contributed by atoms with Crippen LogP contribution < -0.4 is 11.3 Å². The van der Waals surface area contributed by atoms with Crippen LogP contribution in [0.3, 0.4) is 0 Å². The number of benzene rings is 1. The summed E-state index contributed by atoms with van der Waals surface area (Å²) in [7, 11) is -3.31. The van der Waals surface area contributed by atoms with E-state index in [2.05, 4.69) is 21.4 Å². The van der Waals surface area contributed by atoms with Gasteiger partial charge in [0, 0.05) is 16.8 Å².